The normalized spacial score (nSPS) is 17.3. The van der Waals surface area contributed by atoms with Crippen molar-refractivity contribution in [3.8, 4) is 5.69 Å². The number of piperazine rings is 2. The van der Waals surface area contributed by atoms with Crippen molar-refractivity contribution in [1.29, 1.82) is 0 Å². The molecular formula is C22H28N10O2. The first-order valence-corrected chi connectivity index (χ1v) is 11.5. The van der Waals surface area contributed by atoms with Crippen LogP contribution in [0.2, 0.25) is 0 Å². The molecule has 2 aliphatic rings. The lowest BCUT2D eigenvalue weighted by Crippen LogP contribution is -2.49. The molecule has 0 saturated carbocycles. The topological polar surface area (TPSA) is 120 Å². The summed E-state index contributed by atoms with van der Waals surface area (Å²) in [7, 11) is 0. The molecule has 0 unspecified atom stereocenters. The van der Waals surface area contributed by atoms with E-state index in [0.717, 1.165) is 50.0 Å². The molecule has 0 radical (unpaired) electrons. The van der Waals surface area contributed by atoms with E-state index < -0.39 is 0 Å². The summed E-state index contributed by atoms with van der Waals surface area (Å²) in [4.78, 5) is 21.6. The number of rotatable bonds is 6. The van der Waals surface area contributed by atoms with Gasteiger partial charge in [0, 0.05) is 64.5 Å². The van der Waals surface area contributed by atoms with E-state index in [0.29, 0.717) is 31.7 Å². The number of hydrogen-bond acceptors (Lipinski definition) is 10. The molecule has 2 saturated heterocycles. The molecule has 0 bridgehead atoms. The number of carbonyl (C=O) groups excluding carboxylic acids is 1. The summed E-state index contributed by atoms with van der Waals surface area (Å²) in [5, 5.41) is 29.2. The van der Waals surface area contributed by atoms with Gasteiger partial charge in [-0.1, -0.05) is 6.07 Å². The lowest BCUT2D eigenvalue weighted by atomic mass is 10.1. The number of aliphatic hydroxyl groups excluding tert-OH is 1. The number of benzene rings is 1. The molecule has 2 aromatic heterocycles. The van der Waals surface area contributed by atoms with Gasteiger partial charge in [0.25, 0.3) is 5.91 Å². The second-order valence-electron chi connectivity index (χ2n) is 8.39. The van der Waals surface area contributed by atoms with Gasteiger partial charge < -0.3 is 19.8 Å². The van der Waals surface area contributed by atoms with Gasteiger partial charge in [-0.05, 0) is 40.8 Å². The highest BCUT2D eigenvalue weighted by Crippen LogP contribution is 2.19. The Balaban J connectivity index is 1.16. The van der Waals surface area contributed by atoms with E-state index >= 15 is 0 Å². The molecule has 4 heterocycles. The minimum Gasteiger partial charge on any atom is -0.395 e. The molecule has 12 nitrogen and oxygen atoms in total. The first-order valence-electron chi connectivity index (χ1n) is 11.5. The third-order valence-electron chi connectivity index (χ3n) is 6.35. The highest BCUT2D eigenvalue weighted by atomic mass is 16.3. The summed E-state index contributed by atoms with van der Waals surface area (Å²) in [5.74, 6) is 1.70. The second-order valence-corrected chi connectivity index (χ2v) is 8.39. The number of amides is 1. The molecule has 34 heavy (non-hydrogen) atoms. The largest absolute Gasteiger partial charge is 0.395 e. The minimum atomic E-state index is -0.00338. The van der Waals surface area contributed by atoms with Crippen LogP contribution in [0.15, 0.2) is 42.7 Å². The van der Waals surface area contributed by atoms with Crippen LogP contribution in [0.3, 0.4) is 0 Å². The number of β-amino-alcohol motifs (C(OH)–C–C–N with tert-alkyl or cyclic N) is 1. The highest BCUT2D eigenvalue weighted by Gasteiger charge is 2.24. The zero-order valence-corrected chi connectivity index (χ0v) is 18.9. The standard InChI is InChI=1S/C22H28N10O2/c33-15-14-28-6-8-29(9-7-28)20-4-5-21(25-24-20)30-10-12-31(13-11-30)22(34)18-2-1-3-19(16-18)32-17-23-26-27-32/h1-5,16-17,33H,6-15H2. The van der Waals surface area contributed by atoms with Crippen molar-refractivity contribution >= 4 is 17.5 Å². The minimum absolute atomic E-state index is 0.00338. The summed E-state index contributed by atoms with van der Waals surface area (Å²) in [6, 6.07) is 11.4. The molecule has 178 valence electrons. The van der Waals surface area contributed by atoms with Crippen molar-refractivity contribution in [3.05, 3.63) is 48.3 Å². The van der Waals surface area contributed by atoms with Gasteiger partial charge in [-0.2, -0.15) is 0 Å². The zero-order valence-electron chi connectivity index (χ0n) is 18.9. The van der Waals surface area contributed by atoms with Crippen molar-refractivity contribution in [2.24, 2.45) is 0 Å². The van der Waals surface area contributed by atoms with E-state index in [1.54, 1.807) is 6.07 Å². The average Bonchev–Trinajstić information content (AvgIpc) is 3.45. The molecule has 2 fully saturated rings. The highest BCUT2D eigenvalue weighted by molar-refractivity contribution is 5.95. The molecule has 1 aromatic carbocycles. The van der Waals surface area contributed by atoms with E-state index in [9.17, 15) is 4.79 Å². The van der Waals surface area contributed by atoms with Crippen LogP contribution in [0.1, 0.15) is 10.4 Å². The first kappa shape index (κ1) is 22.2. The Morgan fingerprint density at radius 3 is 2.15 bits per heavy atom. The molecule has 2 aliphatic heterocycles. The summed E-state index contributed by atoms with van der Waals surface area (Å²) >= 11 is 0. The average molecular weight is 465 g/mol. The summed E-state index contributed by atoms with van der Waals surface area (Å²) in [5.41, 5.74) is 1.37. The van der Waals surface area contributed by atoms with Crippen molar-refractivity contribution in [2.45, 2.75) is 0 Å². The Bertz CT molecular complexity index is 1080. The fraction of sp³-hybridized carbons (Fsp3) is 0.455. The fourth-order valence-electron chi connectivity index (χ4n) is 4.38. The van der Waals surface area contributed by atoms with E-state index in [4.69, 9.17) is 5.11 Å². The smallest absolute Gasteiger partial charge is 0.254 e. The van der Waals surface area contributed by atoms with Gasteiger partial charge in [0.05, 0.1) is 12.3 Å². The number of hydrogen-bond donors (Lipinski definition) is 1. The van der Waals surface area contributed by atoms with Gasteiger partial charge in [-0.25, -0.2) is 4.68 Å². The van der Waals surface area contributed by atoms with Gasteiger partial charge in [-0.15, -0.1) is 15.3 Å². The summed E-state index contributed by atoms with van der Waals surface area (Å²) in [6.45, 7) is 7.13. The van der Waals surface area contributed by atoms with Crippen molar-refractivity contribution in [3.63, 3.8) is 0 Å². The maximum atomic E-state index is 13.0. The van der Waals surface area contributed by atoms with E-state index in [1.807, 2.05) is 35.2 Å². The van der Waals surface area contributed by atoms with Crippen LogP contribution in [0.5, 0.6) is 0 Å². The number of nitrogens with zero attached hydrogens (tertiary/aromatic N) is 10. The van der Waals surface area contributed by atoms with E-state index in [2.05, 4.69) is 40.4 Å². The summed E-state index contributed by atoms with van der Waals surface area (Å²) < 4.78 is 1.53. The Labute approximate surface area is 197 Å². The van der Waals surface area contributed by atoms with Crippen LogP contribution in [-0.4, -0.2) is 117 Å². The zero-order chi connectivity index (χ0) is 23.3. The van der Waals surface area contributed by atoms with Gasteiger partial charge in [0.1, 0.15) is 6.33 Å². The third kappa shape index (κ3) is 4.82. The Hall–Kier alpha value is -3.64. The number of carbonyl (C=O) groups is 1. The van der Waals surface area contributed by atoms with Crippen LogP contribution < -0.4 is 9.80 Å². The predicted octanol–water partition coefficient (Wildman–Crippen LogP) is -0.471. The van der Waals surface area contributed by atoms with Crippen molar-refractivity contribution < 1.29 is 9.90 Å². The monoisotopic (exact) mass is 464 g/mol. The van der Waals surface area contributed by atoms with Crippen LogP contribution in [0, 0.1) is 0 Å². The predicted molar refractivity (Wildman–Crippen MR) is 125 cm³/mol. The second kappa shape index (κ2) is 10.1. The number of tetrazole rings is 1. The van der Waals surface area contributed by atoms with Gasteiger partial charge >= 0.3 is 0 Å². The summed E-state index contributed by atoms with van der Waals surface area (Å²) in [6.07, 6.45) is 1.51. The van der Waals surface area contributed by atoms with Gasteiger partial charge in [-0.3, -0.25) is 9.69 Å². The molecular weight excluding hydrogens is 436 g/mol. The maximum absolute atomic E-state index is 13.0. The Morgan fingerprint density at radius 1 is 0.882 bits per heavy atom. The molecule has 0 aliphatic carbocycles. The number of anilines is 2. The first-order chi connectivity index (χ1) is 16.7. The quantitative estimate of drug-likeness (QED) is 0.513. The van der Waals surface area contributed by atoms with Gasteiger partial charge in [0.15, 0.2) is 11.6 Å². The molecule has 12 heteroatoms. The van der Waals surface area contributed by atoms with E-state index in [-0.39, 0.29) is 12.5 Å². The number of aliphatic hydroxyl groups is 1. The van der Waals surface area contributed by atoms with Gasteiger partial charge in [0.2, 0.25) is 0 Å². The third-order valence-corrected chi connectivity index (χ3v) is 6.35. The molecule has 1 N–H and O–H groups in total. The van der Waals surface area contributed by atoms with Crippen LogP contribution in [0.25, 0.3) is 5.69 Å². The SMILES string of the molecule is O=C(c1cccc(-n2cnnn2)c1)N1CCN(c2ccc(N3CCN(CCO)CC3)nn2)CC1. The maximum Gasteiger partial charge on any atom is 0.254 e. The molecule has 3 aromatic rings. The lowest BCUT2D eigenvalue weighted by molar-refractivity contribution is 0.0746. The van der Waals surface area contributed by atoms with E-state index in [1.165, 1.54) is 11.0 Å². The molecule has 5 rings (SSSR count). The fourth-order valence-corrected chi connectivity index (χ4v) is 4.38. The van der Waals surface area contributed by atoms with Crippen molar-refractivity contribution in [1.82, 2.24) is 40.2 Å². The number of aromatic nitrogens is 6. The Morgan fingerprint density at radius 2 is 1.56 bits per heavy atom. The Kier molecular flexibility index (Phi) is 6.58. The van der Waals surface area contributed by atoms with Crippen LogP contribution in [0.4, 0.5) is 11.6 Å². The molecule has 0 spiro atoms. The van der Waals surface area contributed by atoms with Crippen LogP contribution in [-0.2, 0) is 0 Å². The lowest BCUT2D eigenvalue weighted by Gasteiger charge is -2.36. The molecule has 0 atom stereocenters. The van der Waals surface area contributed by atoms with Crippen LogP contribution >= 0.6 is 0 Å². The van der Waals surface area contributed by atoms with Crippen molar-refractivity contribution in [2.75, 3.05) is 75.3 Å². The molecule has 1 amide bonds.